The highest BCUT2D eigenvalue weighted by molar-refractivity contribution is 6.30. The summed E-state index contributed by atoms with van der Waals surface area (Å²) in [6, 6.07) is 7.21. The van der Waals surface area contributed by atoms with Crippen LogP contribution < -0.4 is 5.73 Å². The van der Waals surface area contributed by atoms with Gasteiger partial charge in [0.15, 0.2) is 5.78 Å². The number of nitrogens with two attached hydrogens (primary N) is 1. The van der Waals surface area contributed by atoms with E-state index in [9.17, 15) is 14.0 Å². The molecule has 2 aromatic rings. The van der Waals surface area contributed by atoms with Crippen molar-refractivity contribution in [3.63, 3.8) is 0 Å². The van der Waals surface area contributed by atoms with Crippen molar-refractivity contribution in [2.45, 2.75) is 0 Å². The zero-order valence-corrected chi connectivity index (χ0v) is 11.3. The normalized spacial score (nSPS) is 13.9. The number of halogens is 2. The Morgan fingerprint density at radius 1 is 1.14 bits per heavy atom. The Labute approximate surface area is 124 Å². The fourth-order valence-electron chi connectivity index (χ4n) is 2.07. The second-order valence-electron chi connectivity index (χ2n) is 4.51. The van der Waals surface area contributed by atoms with Crippen LogP contribution in [-0.2, 0) is 0 Å². The molecule has 21 heavy (non-hydrogen) atoms. The third-order valence-electron chi connectivity index (χ3n) is 3.14. The second kappa shape index (κ2) is 4.79. The van der Waals surface area contributed by atoms with E-state index in [1.165, 1.54) is 18.2 Å². The Hall–Kier alpha value is -2.53. The zero-order chi connectivity index (χ0) is 15.1. The molecular weight excluding hydrogens is 295 g/mol. The molecule has 1 aromatic heterocycles. The molecule has 3 rings (SSSR count). The van der Waals surface area contributed by atoms with Gasteiger partial charge in [-0.05, 0) is 24.3 Å². The van der Waals surface area contributed by atoms with Crippen LogP contribution in [0.15, 0.2) is 42.1 Å². The largest absolute Gasteiger partial charge is 0.395 e. The fourth-order valence-corrected chi connectivity index (χ4v) is 2.19. The summed E-state index contributed by atoms with van der Waals surface area (Å²) in [7, 11) is 0. The van der Waals surface area contributed by atoms with Crippen molar-refractivity contribution in [3.05, 3.63) is 64.2 Å². The van der Waals surface area contributed by atoms with Gasteiger partial charge in [-0.2, -0.15) is 0 Å². The molecular formula is C15H8ClFN2O2. The topological polar surface area (TPSA) is 73.1 Å². The van der Waals surface area contributed by atoms with Gasteiger partial charge in [-0.15, -0.1) is 0 Å². The van der Waals surface area contributed by atoms with Crippen LogP contribution in [0.4, 0.5) is 4.39 Å². The van der Waals surface area contributed by atoms with Gasteiger partial charge in [0.05, 0.1) is 22.0 Å². The van der Waals surface area contributed by atoms with Crippen LogP contribution in [0.2, 0.25) is 5.02 Å². The molecule has 1 aliphatic carbocycles. The Morgan fingerprint density at radius 3 is 2.62 bits per heavy atom. The number of Topliss-reactive ketones (excluding diaryl/α,β-unsaturated/α-hetero) is 1. The van der Waals surface area contributed by atoms with Crippen LogP contribution in [0.25, 0.3) is 11.3 Å². The lowest BCUT2D eigenvalue weighted by atomic mass is 9.96. The highest BCUT2D eigenvalue weighted by Gasteiger charge is 2.25. The van der Waals surface area contributed by atoms with E-state index < -0.39 is 11.6 Å². The van der Waals surface area contributed by atoms with E-state index in [2.05, 4.69) is 4.98 Å². The molecule has 0 aliphatic heterocycles. The van der Waals surface area contributed by atoms with Crippen molar-refractivity contribution in [1.29, 1.82) is 0 Å². The molecule has 0 saturated carbocycles. The van der Waals surface area contributed by atoms with Gasteiger partial charge in [-0.25, -0.2) is 9.37 Å². The Balaban J connectivity index is 2.14. The first-order valence-corrected chi connectivity index (χ1v) is 6.38. The summed E-state index contributed by atoms with van der Waals surface area (Å²) in [6.45, 7) is 0. The van der Waals surface area contributed by atoms with E-state index in [0.717, 1.165) is 6.08 Å². The first-order valence-electron chi connectivity index (χ1n) is 6.00. The van der Waals surface area contributed by atoms with Gasteiger partial charge in [0, 0.05) is 11.6 Å². The number of aromatic nitrogens is 1. The number of rotatable bonds is 1. The average Bonchev–Trinajstić information content (AvgIpc) is 2.47. The van der Waals surface area contributed by atoms with Gasteiger partial charge in [0.25, 0.3) is 0 Å². The molecule has 0 fully saturated rings. The molecule has 0 saturated heterocycles. The third-order valence-corrected chi connectivity index (χ3v) is 3.45. The lowest BCUT2D eigenvalue weighted by molar-refractivity contribution is 0.0979. The molecule has 1 aliphatic rings. The van der Waals surface area contributed by atoms with Crippen molar-refractivity contribution in [3.8, 4) is 11.3 Å². The van der Waals surface area contributed by atoms with Crippen molar-refractivity contribution < 1.29 is 14.0 Å². The summed E-state index contributed by atoms with van der Waals surface area (Å²) < 4.78 is 13.5. The monoisotopic (exact) mass is 302 g/mol. The number of nitrogens with zero attached hydrogens (tertiary/aromatic N) is 1. The number of ketones is 2. The van der Waals surface area contributed by atoms with Gasteiger partial charge >= 0.3 is 0 Å². The van der Waals surface area contributed by atoms with E-state index >= 15 is 0 Å². The van der Waals surface area contributed by atoms with E-state index in [0.29, 0.717) is 11.3 Å². The number of benzene rings is 1. The van der Waals surface area contributed by atoms with Crippen LogP contribution >= 0.6 is 11.6 Å². The summed E-state index contributed by atoms with van der Waals surface area (Å²) in [5.41, 5.74) is 6.32. The third kappa shape index (κ3) is 2.21. The number of allylic oxidation sites excluding steroid dienone is 2. The van der Waals surface area contributed by atoms with Crippen molar-refractivity contribution in [2.24, 2.45) is 5.73 Å². The highest BCUT2D eigenvalue weighted by Crippen LogP contribution is 2.26. The molecule has 6 heteroatoms. The van der Waals surface area contributed by atoms with Gasteiger partial charge in [0.2, 0.25) is 5.78 Å². The van der Waals surface area contributed by atoms with Gasteiger partial charge in [-0.1, -0.05) is 17.7 Å². The maximum Gasteiger partial charge on any atom is 0.227 e. The first-order chi connectivity index (χ1) is 9.97. The van der Waals surface area contributed by atoms with Crippen molar-refractivity contribution in [2.75, 3.05) is 0 Å². The number of hydrogen-bond acceptors (Lipinski definition) is 4. The van der Waals surface area contributed by atoms with E-state index in [1.54, 1.807) is 12.1 Å². The molecule has 0 bridgehead atoms. The van der Waals surface area contributed by atoms with Crippen LogP contribution in [0.3, 0.4) is 0 Å². The maximum atomic E-state index is 13.5. The van der Waals surface area contributed by atoms with Crippen LogP contribution in [-0.4, -0.2) is 16.6 Å². The standard InChI is InChI=1S/C15H8ClFN2O2/c16-9-3-1-7(5-10(9)17)12-4-2-8-13(20)6-11(18)15(21)14(8)19-12/h1-6H,18H2. The smallest absolute Gasteiger partial charge is 0.227 e. The van der Waals surface area contributed by atoms with Crippen LogP contribution in [0, 0.1) is 5.82 Å². The summed E-state index contributed by atoms with van der Waals surface area (Å²) in [5, 5.41) is -0.00450. The minimum Gasteiger partial charge on any atom is -0.395 e. The van der Waals surface area contributed by atoms with E-state index in [4.69, 9.17) is 17.3 Å². The zero-order valence-electron chi connectivity index (χ0n) is 10.6. The lowest BCUT2D eigenvalue weighted by Crippen LogP contribution is -2.23. The SMILES string of the molecule is NC1=CC(=O)c2ccc(-c3ccc(Cl)c(F)c3)nc2C1=O. The van der Waals surface area contributed by atoms with Gasteiger partial charge in [-0.3, -0.25) is 9.59 Å². The number of hydrogen-bond donors (Lipinski definition) is 1. The summed E-state index contributed by atoms with van der Waals surface area (Å²) >= 11 is 5.63. The minimum atomic E-state index is -0.588. The minimum absolute atomic E-state index is 0.00450. The molecule has 104 valence electrons. The molecule has 1 heterocycles. The fraction of sp³-hybridized carbons (Fsp3) is 0. The van der Waals surface area contributed by atoms with Crippen molar-refractivity contribution >= 4 is 23.2 Å². The number of carbonyl (C=O) groups excluding carboxylic acids is 2. The Kier molecular flexibility index (Phi) is 3.07. The quantitative estimate of drug-likeness (QED) is 0.879. The van der Waals surface area contributed by atoms with E-state index in [1.807, 2.05) is 0 Å². The van der Waals surface area contributed by atoms with Crippen molar-refractivity contribution in [1.82, 2.24) is 4.98 Å². The summed E-state index contributed by atoms with van der Waals surface area (Å²) in [5.74, 6) is -1.47. The number of fused-ring (bicyclic) bond motifs is 1. The summed E-state index contributed by atoms with van der Waals surface area (Å²) in [4.78, 5) is 27.9. The molecule has 0 amide bonds. The molecule has 0 atom stereocenters. The predicted octanol–water partition coefficient (Wildman–Crippen LogP) is 2.76. The first kappa shape index (κ1) is 13.5. The average molecular weight is 303 g/mol. The van der Waals surface area contributed by atoms with Crippen LogP contribution in [0.5, 0.6) is 0 Å². The van der Waals surface area contributed by atoms with Crippen LogP contribution in [0.1, 0.15) is 20.8 Å². The predicted molar refractivity (Wildman–Crippen MR) is 75.6 cm³/mol. The summed E-state index contributed by atoms with van der Waals surface area (Å²) in [6.07, 6.45) is 1.08. The van der Waals surface area contributed by atoms with Gasteiger partial charge < -0.3 is 5.73 Å². The maximum absolute atomic E-state index is 13.5. The Bertz CT molecular complexity index is 830. The molecule has 0 unspecified atom stereocenters. The molecule has 2 N–H and O–H groups in total. The molecule has 0 radical (unpaired) electrons. The molecule has 4 nitrogen and oxygen atoms in total. The number of pyridine rings is 1. The lowest BCUT2D eigenvalue weighted by Gasteiger charge is -2.12. The molecule has 1 aromatic carbocycles. The van der Waals surface area contributed by atoms with Gasteiger partial charge in [0.1, 0.15) is 11.5 Å². The molecule has 0 spiro atoms. The highest BCUT2D eigenvalue weighted by atomic mass is 35.5. The number of carbonyl (C=O) groups is 2. The Morgan fingerprint density at radius 2 is 1.90 bits per heavy atom. The second-order valence-corrected chi connectivity index (χ2v) is 4.92. The van der Waals surface area contributed by atoms with E-state index in [-0.39, 0.29) is 27.8 Å².